The first kappa shape index (κ1) is 9.62. The van der Waals surface area contributed by atoms with Gasteiger partial charge in [-0.15, -0.1) is 0 Å². The van der Waals surface area contributed by atoms with Crippen LogP contribution in [0.2, 0.25) is 0 Å². The maximum absolute atomic E-state index is 9.51. The van der Waals surface area contributed by atoms with Crippen molar-refractivity contribution in [2.75, 3.05) is 13.2 Å². The molecular formula is C11H16N2O. The number of aliphatic hydroxyl groups is 1. The van der Waals surface area contributed by atoms with E-state index in [9.17, 15) is 5.11 Å². The van der Waals surface area contributed by atoms with Crippen molar-refractivity contribution in [1.29, 1.82) is 0 Å². The Hall–Kier alpha value is -0.930. The zero-order valence-electron chi connectivity index (χ0n) is 8.24. The largest absolute Gasteiger partial charge is 0.394 e. The number of aromatic nitrogens is 1. The van der Waals surface area contributed by atoms with E-state index in [1.165, 1.54) is 12.8 Å². The van der Waals surface area contributed by atoms with Gasteiger partial charge in [-0.05, 0) is 43.5 Å². The van der Waals surface area contributed by atoms with Gasteiger partial charge in [-0.3, -0.25) is 4.98 Å². The van der Waals surface area contributed by atoms with Crippen LogP contribution >= 0.6 is 0 Å². The third-order valence-electron chi connectivity index (χ3n) is 3.00. The Balaban J connectivity index is 2.27. The molecule has 3 nitrogen and oxygen atoms in total. The van der Waals surface area contributed by atoms with Gasteiger partial charge in [-0.1, -0.05) is 0 Å². The Labute approximate surface area is 84.2 Å². The third kappa shape index (κ3) is 1.65. The molecule has 0 spiro atoms. The molecule has 2 heterocycles. The molecule has 76 valence electrons. The van der Waals surface area contributed by atoms with Crippen LogP contribution in [0.1, 0.15) is 24.8 Å². The summed E-state index contributed by atoms with van der Waals surface area (Å²) in [5.41, 5.74) is 0.927. The highest BCUT2D eigenvalue weighted by molar-refractivity contribution is 5.22. The van der Waals surface area contributed by atoms with Gasteiger partial charge >= 0.3 is 0 Å². The highest BCUT2D eigenvalue weighted by atomic mass is 16.3. The van der Waals surface area contributed by atoms with Crippen LogP contribution in [0.3, 0.4) is 0 Å². The van der Waals surface area contributed by atoms with Crippen LogP contribution in [-0.4, -0.2) is 23.2 Å². The Morgan fingerprint density at radius 3 is 2.71 bits per heavy atom. The van der Waals surface area contributed by atoms with Gasteiger partial charge in [0, 0.05) is 12.4 Å². The molecule has 0 saturated carbocycles. The van der Waals surface area contributed by atoms with Gasteiger partial charge in [0.15, 0.2) is 0 Å². The van der Waals surface area contributed by atoms with Crippen molar-refractivity contribution in [3.63, 3.8) is 0 Å². The summed E-state index contributed by atoms with van der Waals surface area (Å²) in [6, 6.07) is 3.96. The second-order valence-electron chi connectivity index (χ2n) is 3.86. The molecule has 2 N–H and O–H groups in total. The average molecular weight is 192 g/mol. The number of aliphatic hydroxyl groups excluding tert-OH is 1. The zero-order valence-corrected chi connectivity index (χ0v) is 8.24. The highest BCUT2D eigenvalue weighted by Gasteiger charge is 2.32. The summed E-state index contributed by atoms with van der Waals surface area (Å²) >= 11 is 0. The zero-order chi connectivity index (χ0) is 9.86. The molecule has 0 aliphatic carbocycles. The molecule has 0 aromatic carbocycles. The molecule has 0 radical (unpaired) electrons. The molecule has 2 rings (SSSR count). The summed E-state index contributed by atoms with van der Waals surface area (Å²) in [6.07, 6.45) is 6.95. The number of nitrogens with one attached hydrogen (secondary N) is 1. The lowest BCUT2D eigenvalue weighted by Crippen LogP contribution is -2.48. The van der Waals surface area contributed by atoms with Crippen LogP contribution in [0.25, 0.3) is 0 Å². The fraction of sp³-hybridized carbons (Fsp3) is 0.545. The second kappa shape index (κ2) is 4.07. The van der Waals surface area contributed by atoms with Gasteiger partial charge in [-0.25, -0.2) is 0 Å². The van der Waals surface area contributed by atoms with Crippen LogP contribution in [0.5, 0.6) is 0 Å². The van der Waals surface area contributed by atoms with Crippen molar-refractivity contribution < 1.29 is 5.11 Å². The number of pyridine rings is 1. The molecular weight excluding hydrogens is 176 g/mol. The number of nitrogens with zero attached hydrogens (tertiary/aromatic N) is 1. The Morgan fingerprint density at radius 2 is 2.14 bits per heavy atom. The minimum Gasteiger partial charge on any atom is -0.394 e. The summed E-state index contributed by atoms with van der Waals surface area (Å²) < 4.78 is 0. The maximum atomic E-state index is 9.51. The summed E-state index contributed by atoms with van der Waals surface area (Å²) in [6.45, 7) is 1.15. The molecule has 0 bridgehead atoms. The lowest BCUT2D eigenvalue weighted by atomic mass is 9.83. The number of hydrogen-bond donors (Lipinski definition) is 2. The minimum absolute atomic E-state index is 0.164. The molecule has 1 unspecified atom stereocenters. The van der Waals surface area contributed by atoms with Crippen LogP contribution in [0, 0.1) is 0 Å². The van der Waals surface area contributed by atoms with Gasteiger partial charge in [0.05, 0.1) is 12.1 Å². The number of piperidine rings is 1. The van der Waals surface area contributed by atoms with Crippen LogP contribution < -0.4 is 5.32 Å². The Morgan fingerprint density at radius 1 is 1.36 bits per heavy atom. The van der Waals surface area contributed by atoms with Crippen LogP contribution in [-0.2, 0) is 5.54 Å². The topological polar surface area (TPSA) is 45.2 Å². The predicted molar refractivity (Wildman–Crippen MR) is 54.9 cm³/mol. The van der Waals surface area contributed by atoms with Gasteiger partial charge in [0.2, 0.25) is 0 Å². The van der Waals surface area contributed by atoms with E-state index in [1.54, 1.807) is 12.4 Å². The molecule has 1 saturated heterocycles. The number of hydrogen-bond acceptors (Lipinski definition) is 3. The van der Waals surface area contributed by atoms with E-state index in [1.807, 2.05) is 12.1 Å². The van der Waals surface area contributed by atoms with Crippen LogP contribution in [0.4, 0.5) is 0 Å². The van der Waals surface area contributed by atoms with E-state index in [4.69, 9.17) is 0 Å². The molecule has 14 heavy (non-hydrogen) atoms. The molecule has 1 aromatic heterocycles. The smallest absolute Gasteiger partial charge is 0.0670 e. The molecule has 1 aromatic rings. The van der Waals surface area contributed by atoms with Crippen molar-refractivity contribution in [1.82, 2.24) is 10.3 Å². The molecule has 1 aliphatic rings. The van der Waals surface area contributed by atoms with Crippen molar-refractivity contribution in [2.24, 2.45) is 0 Å². The van der Waals surface area contributed by atoms with E-state index < -0.39 is 0 Å². The fourth-order valence-corrected chi connectivity index (χ4v) is 2.11. The van der Waals surface area contributed by atoms with Gasteiger partial charge in [0.1, 0.15) is 0 Å². The minimum atomic E-state index is -0.221. The summed E-state index contributed by atoms with van der Waals surface area (Å²) in [7, 11) is 0. The van der Waals surface area contributed by atoms with E-state index >= 15 is 0 Å². The number of rotatable bonds is 2. The predicted octanol–water partition coefficient (Wildman–Crippen LogP) is 1.04. The first-order chi connectivity index (χ1) is 6.87. The lowest BCUT2D eigenvalue weighted by molar-refractivity contribution is 0.131. The van der Waals surface area contributed by atoms with Gasteiger partial charge in [-0.2, -0.15) is 0 Å². The van der Waals surface area contributed by atoms with Crippen LogP contribution in [0.15, 0.2) is 24.5 Å². The highest BCUT2D eigenvalue weighted by Crippen LogP contribution is 2.29. The maximum Gasteiger partial charge on any atom is 0.0670 e. The van der Waals surface area contributed by atoms with Crippen molar-refractivity contribution >= 4 is 0 Å². The van der Waals surface area contributed by atoms with E-state index in [2.05, 4.69) is 10.3 Å². The van der Waals surface area contributed by atoms with Crippen molar-refractivity contribution in [3.05, 3.63) is 30.1 Å². The molecule has 0 amide bonds. The summed E-state index contributed by atoms with van der Waals surface area (Å²) in [4.78, 5) is 4.00. The second-order valence-corrected chi connectivity index (χ2v) is 3.86. The molecule has 3 heteroatoms. The molecule has 1 aliphatic heterocycles. The fourth-order valence-electron chi connectivity index (χ4n) is 2.11. The lowest BCUT2D eigenvalue weighted by Gasteiger charge is -2.37. The average Bonchev–Trinajstić information content (AvgIpc) is 2.31. The van der Waals surface area contributed by atoms with Crippen molar-refractivity contribution in [3.8, 4) is 0 Å². The normalized spacial score (nSPS) is 27.5. The van der Waals surface area contributed by atoms with Gasteiger partial charge in [0.25, 0.3) is 0 Å². The van der Waals surface area contributed by atoms with E-state index in [0.29, 0.717) is 0 Å². The first-order valence-electron chi connectivity index (χ1n) is 5.14. The van der Waals surface area contributed by atoms with Gasteiger partial charge < -0.3 is 10.4 Å². The van der Waals surface area contributed by atoms with E-state index in [-0.39, 0.29) is 12.1 Å². The van der Waals surface area contributed by atoms with Crippen molar-refractivity contribution in [2.45, 2.75) is 24.8 Å². The Kier molecular flexibility index (Phi) is 2.79. The third-order valence-corrected chi connectivity index (χ3v) is 3.00. The van der Waals surface area contributed by atoms with E-state index in [0.717, 1.165) is 18.5 Å². The first-order valence-corrected chi connectivity index (χ1v) is 5.14. The molecule has 1 fully saturated rings. The summed E-state index contributed by atoms with van der Waals surface area (Å²) in [5.74, 6) is 0. The SMILES string of the molecule is OCC1(c2ccncc2)CCCCN1. The summed E-state index contributed by atoms with van der Waals surface area (Å²) in [5, 5.41) is 12.9. The standard InChI is InChI=1S/C11H16N2O/c14-9-11(5-1-2-6-13-11)10-3-7-12-8-4-10/h3-4,7-8,13-14H,1-2,5-6,9H2. The Bertz CT molecular complexity index is 281. The quantitative estimate of drug-likeness (QED) is 0.736. The molecule has 1 atom stereocenters. The monoisotopic (exact) mass is 192 g/mol.